The zero-order valence-corrected chi connectivity index (χ0v) is 10.7. The Bertz CT molecular complexity index is 382. The molecule has 1 aromatic heterocycles. The molecule has 0 saturated carbocycles. The van der Waals surface area contributed by atoms with Gasteiger partial charge in [0.2, 0.25) is 5.95 Å². The molecule has 4 nitrogen and oxygen atoms in total. The van der Waals surface area contributed by atoms with Crippen molar-refractivity contribution < 1.29 is 0 Å². The number of rotatable bonds is 1. The van der Waals surface area contributed by atoms with Crippen molar-refractivity contribution in [2.75, 3.05) is 18.0 Å². The van der Waals surface area contributed by atoms with Crippen molar-refractivity contribution in [1.82, 2.24) is 15.2 Å². The van der Waals surface area contributed by atoms with Gasteiger partial charge in [0, 0.05) is 13.1 Å². The summed E-state index contributed by atoms with van der Waals surface area (Å²) in [4.78, 5) is 6.57. The fourth-order valence-corrected chi connectivity index (χ4v) is 2.08. The topological polar surface area (TPSA) is 41.9 Å². The second kappa shape index (κ2) is 4.53. The van der Waals surface area contributed by atoms with Crippen LogP contribution < -0.4 is 4.90 Å². The van der Waals surface area contributed by atoms with E-state index in [2.05, 4.69) is 27.0 Å². The molecule has 16 heavy (non-hydrogen) atoms. The first kappa shape index (κ1) is 11.6. The fourth-order valence-electron chi connectivity index (χ4n) is 1.78. The first-order chi connectivity index (χ1) is 7.58. The van der Waals surface area contributed by atoms with E-state index in [9.17, 15) is 0 Å². The summed E-state index contributed by atoms with van der Waals surface area (Å²) in [6.07, 6.45) is 1.09. The van der Waals surface area contributed by atoms with E-state index in [4.69, 9.17) is 11.6 Å². The summed E-state index contributed by atoms with van der Waals surface area (Å²) in [5.74, 6) is 1.28. The molecule has 2 atom stereocenters. The molecule has 1 fully saturated rings. The molecule has 2 rings (SSSR count). The summed E-state index contributed by atoms with van der Waals surface area (Å²) in [6.45, 7) is 7.84. The van der Waals surface area contributed by atoms with Crippen molar-refractivity contribution in [2.45, 2.75) is 32.6 Å². The lowest BCUT2D eigenvalue weighted by molar-refractivity contribution is 0.440. The van der Waals surface area contributed by atoms with E-state index in [0.29, 0.717) is 11.9 Å². The molecular weight excluding hydrogens is 224 g/mol. The van der Waals surface area contributed by atoms with Crippen molar-refractivity contribution in [3.05, 3.63) is 11.4 Å². The van der Waals surface area contributed by atoms with Crippen LogP contribution in [0.4, 0.5) is 5.95 Å². The van der Waals surface area contributed by atoms with Crippen LogP contribution in [0.1, 0.15) is 24.7 Å². The smallest absolute Gasteiger partial charge is 0.245 e. The lowest BCUT2D eigenvalue weighted by atomic mass is 9.99. The van der Waals surface area contributed by atoms with Gasteiger partial charge >= 0.3 is 0 Å². The van der Waals surface area contributed by atoms with Crippen LogP contribution in [0.3, 0.4) is 0 Å². The molecule has 1 aliphatic heterocycles. The summed E-state index contributed by atoms with van der Waals surface area (Å²) >= 11 is 6.27. The second-order valence-electron chi connectivity index (χ2n) is 4.51. The van der Waals surface area contributed by atoms with Crippen molar-refractivity contribution in [3.8, 4) is 0 Å². The first-order valence-electron chi connectivity index (χ1n) is 5.65. The van der Waals surface area contributed by atoms with Gasteiger partial charge in [-0.2, -0.15) is 5.10 Å². The Morgan fingerprint density at radius 2 is 2.00 bits per heavy atom. The van der Waals surface area contributed by atoms with E-state index in [0.717, 1.165) is 30.9 Å². The standard InChI is InChI=1S/C11H17ClN4/c1-7-4-5-16(6-10(7)12)11-13-8(2)9(3)14-15-11/h7,10H,4-6H2,1-3H3. The summed E-state index contributed by atoms with van der Waals surface area (Å²) in [5.41, 5.74) is 1.83. The maximum absolute atomic E-state index is 6.27. The van der Waals surface area contributed by atoms with Crippen LogP contribution in [0.5, 0.6) is 0 Å². The largest absolute Gasteiger partial charge is 0.338 e. The van der Waals surface area contributed by atoms with Crippen LogP contribution in [0.15, 0.2) is 0 Å². The zero-order chi connectivity index (χ0) is 11.7. The number of anilines is 1. The Labute approximate surface area is 101 Å². The van der Waals surface area contributed by atoms with E-state index in [1.807, 2.05) is 13.8 Å². The molecule has 0 radical (unpaired) electrons. The molecule has 0 N–H and O–H groups in total. The van der Waals surface area contributed by atoms with Crippen molar-refractivity contribution in [1.29, 1.82) is 0 Å². The quantitative estimate of drug-likeness (QED) is 0.704. The van der Waals surface area contributed by atoms with Gasteiger partial charge in [-0.15, -0.1) is 16.7 Å². The Balaban J connectivity index is 2.15. The Kier molecular flexibility index (Phi) is 3.28. The predicted molar refractivity (Wildman–Crippen MR) is 64.9 cm³/mol. The molecule has 88 valence electrons. The minimum Gasteiger partial charge on any atom is -0.338 e. The van der Waals surface area contributed by atoms with Crippen LogP contribution >= 0.6 is 11.6 Å². The van der Waals surface area contributed by atoms with E-state index < -0.39 is 0 Å². The normalized spacial score (nSPS) is 25.9. The maximum atomic E-state index is 6.27. The van der Waals surface area contributed by atoms with Gasteiger partial charge in [-0.1, -0.05) is 6.92 Å². The summed E-state index contributed by atoms with van der Waals surface area (Å²) in [7, 11) is 0. The highest BCUT2D eigenvalue weighted by Crippen LogP contribution is 2.24. The molecule has 2 unspecified atom stereocenters. The van der Waals surface area contributed by atoms with Crippen molar-refractivity contribution in [2.24, 2.45) is 5.92 Å². The number of alkyl halides is 1. The van der Waals surface area contributed by atoms with Gasteiger partial charge in [0.05, 0.1) is 16.8 Å². The zero-order valence-electron chi connectivity index (χ0n) is 9.94. The minimum atomic E-state index is 0.180. The molecule has 0 aliphatic carbocycles. The molecule has 1 aromatic rings. The number of halogens is 1. The third-order valence-electron chi connectivity index (χ3n) is 3.23. The summed E-state index contributed by atoms with van der Waals surface area (Å²) in [6, 6.07) is 0. The van der Waals surface area contributed by atoms with E-state index in [1.54, 1.807) is 0 Å². The Morgan fingerprint density at radius 1 is 1.25 bits per heavy atom. The van der Waals surface area contributed by atoms with Gasteiger partial charge in [-0.05, 0) is 26.2 Å². The van der Waals surface area contributed by atoms with Gasteiger partial charge in [0.1, 0.15) is 0 Å². The predicted octanol–water partition coefficient (Wildman–Crippen LogP) is 1.94. The van der Waals surface area contributed by atoms with Crippen molar-refractivity contribution >= 4 is 17.5 Å². The minimum absolute atomic E-state index is 0.180. The molecule has 5 heteroatoms. The highest BCUT2D eigenvalue weighted by molar-refractivity contribution is 6.21. The SMILES string of the molecule is Cc1nnc(N2CCC(C)C(Cl)C2)nc1C. The van der Waals surface area contributed by atoms with E-state index >= 15 is 0 Å². The number of hydrogen-bond acceptors (Lipinski definition) is 4. The second-order valence-corrected chi connectivity index (χ2v) is 5.07. The van der Waals surface area contributed by atoms with Crippen LogP contribution in [0.25, 0.3) is 0 Å². The van der Waals surface area contributed by atoms with Gasteiger partial charge in [0.25, 0.3) is 0 Å². The first-order valence-corrected chi connectivity index (χ1v) is 6.08. The van der Waals surface area contributed by atoms with Gasteiger partial charge in [-0.3, -0.25) is 0 Å². The number of hydrogen-bond donors (Lipinski definition) is 0. The Hall–Kier alpha value is -0.900. The maximum Gasteiger partial charge on any atom is 0.245 e. The highest BCUT2D eigenvalue weighted by Gasteiger charge is 2.26. The summed E-state index contributed by atoms with van der Waals surface area (Å²) in [5, 5.41) is 8.41. The molecule has 0 aromatic carbocycles. The lowest BCUT2D eigenvalue weighted by Gasteiger charge is -2.33. The molecule has 0 amide bonds. The van der Waals surface area contributed by atoms with Crippen LogP contribution in [-0.2, 0) is 0 Å². The number of piperidine rings is 1. The average molecular weight is 241 g/mol. The van der Waals surface area contributed by atoms with Crippen LogP contribution in [0.2, 0.25) is 0 Å². The number of aromatic nitrogens is 3. The summed E-state index contributed by atoms with van der Waals surface area (Å²) < 4.78 is 0. The molecule has 2 heterocycles. The number of nitrogens with zero attached hydrogens (tertiary/aromatic N) is 4. The fraction of sp³-hybridized carbons (Fsp3) is 0.727. The third-order valence-corrected chi connectivity index (χ3v) is 3.80. The molecule has 0 bridgehead atoms. The molecule has 1 aliphatic rings. The molecular formula is C11H17ClN4. The highest BCUT2D eigenvalue weighted by atomic mass is 35.5. The lowest BCUT2D eigenvalue weighted by Crippen LogP contribution is -2.41. The molecule has 1 saturated heterocycles. The van der Waals surface area contributed by atoms with E-state index in [1.165, 1.54) is 0 Å². The van der Waals surface area contributed by atoms with Gasteiger partial charge in [0.15, 0.2) is 0 Å². The average Bonchev–Trinajstić information content (AvgIpc) is 2.26. The number of aryl methyl sites for hydroxylation is 2. The van der Waals surface area contributed by atoms with Crippen LogP contribution in [-0.4, -0.2) is 33.6 Å². The molecule has 0 spiro atoms. The Morgan fingerprint density at radius 3 is 2.62 bits per heavy atom. The van der Waals surface area contributed by atoms with Crippen LogP contribution in [0, 0.1) is 19.8 Å². The van der Waals surface area contributed by atoms with E-state index in [-0.39, 0.29) is 5.38 Å². The van der Waals surface area contributed by atoms with Gasteiger partial charge < -0.3 is 4.90 Å². The third kappa shape index (κ3) is 2.26. The van der Waals surface area contributed by atoms with Crippen molar-refractivity contribution in [3.63, 3.8) is 0 Å². The van der Waals surface area contributed by atoms with Gasteiger partial charge in [-0.25, -0.2) is 4.98 Å². The monoisotopic (exact) mass is 240 g/mol.